The maximum Gasteiger partial charge on any atom is 0.146 e. The standard InChI is InChI=1S/C26H36N2O.C21H20N2O.C21H26N2O/c1-3-4-5-6-7-8-9-10-11-13-21-15-16-22(18-21)19-25-26(29-2)20-24(28-25)23-14-12-17-27-23;1-13-8-14(2)22-18(13)11-20-21(24-3)12-19(23-20)17-9-15-6-4-5-7-16(15)10-17;1-4-5-6-11-17-12-18(22-15(17)2)13-20-21(24-3)14-19(23-20)16-9-7-8-10-16/h12,14-17,19-20,27H,3-11,13,18H2,1-2H3;4-9,11-12,22H,10H2,1-3H3;7-9,12-14,22H,4-6,10-11H2,1-3H3/b25-19-;20-11-;. The first-order chi connectivity index (χ1) is 37.6. The first kappa shape index (κ1) is 55.8. The molecule has 0 saturated carbocycles. The third-order valence-electron chi connectivity index (χ3n) is 14.9. The lowest BCUT2D eigenvalue weighted by Crippen LogP contribution is -1.96. The number of benzene rings is 1. The number of allylic oxidation sites excluding steroid dienone is 13. The number of aromatic amines is 3. The molecule has 0 unspecified atom stereocenters. The molecule has 0 amide bonds. The van der Waals surface area contributed by atoms with Crippen molar-refractivity contribution in [3.05, 3.63) is 217 Å². The number of aromatic nitrogens is 3. The average molecular weight is 1030 g/mol. The number of ether oxygens (including phenoxy) is 3. The highest BCUT2D eigenvalue weighted by molar-refractivity contribution is 6.15. The molecule has 9 nitrogen and oxygen atoms in total. The number of H-pyrrole nitrogens is 3. The summed E-state index contributed by atoms with van der Waals surface area (Å²) < 4.78 is 16.6. The average Bonchev–Trinajstić information content (AvgIpc) is 4.28. The molecule has 9 heteroatoms. The first-order valence-electron chi connectivity index (χ1n) is 28.4. The van der Waals surface area contributed by atoms with Crippen LogP contribution in [0.5, 0.6) is 0 Å². The van der Waals surface area contributed by atoms with Gasteiger partial charge in [0.25, 0.3) is 0 Å². The Balaban J connectivity index is 0.000000154. The van der Waals surface area contributed by atoms with Crippen molar-refractivity contribution in [2.24, 2.45) is 15.0 Å². The number of aryl methyl sites for hydroxylation is 4. The van der Waals surface area contributed by atoms with Crippen LogP contribution in [-0.4, -0.2) is 53.4 Å². The van der Waals surface area contributed by atoms with Crippen LogP contribution in [0.15, 0.2) is 181 Å². The molecule has 402 valence electrons. The van der Waals surface area contributed by atoms with E-state index in [0.29, 0.717) is 0 Å². The largest absolute Gasteiger partial charge is 0.494 e. The van der Waals surface area contributed by atoms with Gasteiger partial charge in [-0.25, -0.2) is 15.0 Å². The SMILES string of the molecule is CCCCCCCCCCCC1=CC=C(/C=C2\N=C(c3ccc[nH]3)C=C2OC)C1.CCCCCc1cc(C=C2N=C(C3=CC=CC3)C=C2OC)[nH]c1C.COC1=CC(C2=Cc3ccccc3C2)=N/C1=C\c1[nH]c(C)cc1C. The van der Waals surface area contributed by atoms with Crippen molar-refractivity contribution in [1.82, 2.24) is 15.0 Å². The number of aliphatic imine (C=N–C) groups is 3. The minimum Gasteiger partial charge on any atom is -0.494 e. The van der Waals surface area contributed by atoms with Crippen LogP contribution in [0.25, 0.3) is 18.2 Å². The number of nitrogens with zero attached hydrogens (tertiary/aromatic N) is 3. The molecule has 0 bridgehead atoms. The van der Waals surface area contributed by atoms with E-state index in [2.05, 4.69) is 141 Å². The van der Waals surface area contributed by atoms with Crippen molar-refractivity contribution < 1.29 is 14.2 Å². The topological polar surface area (TPSA) is 112 Å². The zero-order valence-corrected chi connectivity index (χ0v) is 47.2. The Morgan fingerprint density at radius 2 is 1.22 bits per heavy atom. The van der Waals surface area contributed by atoms with E-state index >= 15 is 0 Å². The molecule has 3 N–H and O–H groups in total. The maximum absolute atomic E-state index is 5.55. The van der Waals surface area contributed by atoms with E-state index in [1.807, 2.05) is 36.6 Å². The van der Waals surface area contributed by atoms with Crippen molar-refractivity contribution in [2.75, 3.05) is 21.3 Å². The van der Waals surface area contributed by atoms with Crippen molar-refractivity contribution in [3.63, 3.8) is 0 Å². The zero-order valence-electron chi connectivity index (χ0n) is 47.2. The van der Waals surface area contributed by atoms with E-state index < -0.39 is 0 Å². The molecule has 3 aromatic heterocycles. The van der Waals surface area contributed by atoms with Gasteiger partial charge in [-0.3, -0.25) is 0 Å². The summed E-state index contributed by atoms with van der Waals surface area (Å²) in [6.07, 6.45) is 49.0. The number of rotatable bonds is 23. The summed E-state index contributed by atoms with van der Waals surface area (Å²) in [7, 11) is 5.11. The zero-order chi connectivity index (χ0) is 53.9. The molecule has 3 aliphatic carbocycles. The molecule has 0 spiro atoms. The van der Waals surface area contributed by atoms with Gasteiger partial charge in [0.05, 0.1) is 44.2 Å². The Hall–Kier alpha value is -7.39. The highest BCUT2D eigenvalue weighted by Crippen LogP contribution is 2.33. The summed E-state index contributed by atoms with van der Waals surface area (Å²) in [6.45, 7) is 10.8. The molecule has 3 aliphatic heterocycles. The predicted molar refractivity (Wildman–Crippen MR) is 323 cm³/mol. The van der Waals surface area contributed by atoms with E-state index in [0.717, 1.165) is 100.0 Å². The van der Waals surface area contributed by atoms with E-state index in [1.54, 1.807) is 26.9 Å². The maximum atomic E-state index is 5.55. The third-order valence-corrected chi connectivity index (χ3v) is 14.9. The second kappa shape index (κ2) is 28.1. The van der Waals surface area contributed by atoms with Gasteiger partial charge in [-0.1, -0.05) is 138 Å². The number of hydrogen-bond donors (Lipinski definition) is 3. The molecule has 77 heavy (non-hydrogen) atoms. The second-order valence-corrected chi connectivity index (χ2v) is 20.9. The van der Waals surface area contributed by atoms with Crippen molar-refractivity contribution in [2.45, 2.75) is 144 Å². The van der Waals surface area contributed by atoms with Crippen molar-refractivity contribution in [3.8, 4) is 0 Å². The minimum absolute atomic E-state index is 0.813. The number of nitrogens with one attached hydrogen (secondary N) is 3. The van der Waals surface area contributed by atoms with Gasteiger partial charge in [-0.2, -0.15) is 0 Å². The highest BCUT2D eigenvalue weighted by atomic mass is 16.5. The highest BCUT2D eigenvalue weighted by Gasteiger charge is 2.23. The fourth-order valence-corrected chi connectivity index (χ4v) is 10.5. The van der Waals surface area contributed by atoms with Gasteiger partial charge >= 0.3 is 0 Å². The molecule has 6 heterocycles. The van der Waals surface area contributed by atoms with Gasteiger partial charge in [0.2, 0.25) is 0 Å². The van der Waals surface area contributed by atoms with Gasteiger partial charge < -0.3 is 29.2 Å². The predicted octanol–water partition coefficient (Wildman–Crippen LogP) is 17.3. The summed E-state index contributed by atoms with van der Waals surface area (Å²) in [6, 6.07) is 16.9. The Morgan fingerprint density at radius 3 is 1.87 bits per heavy atom. The Morgan fingerprint density at radius 1 is 0.584 bits per heavy atom. The monoisotopic (exact) mass is 1030 g/mol. The van der Waals surface area contributed by atoms with Crippen molar-refractivity contribution in [1.29, 1.82) is 0 Å². The van der Waals surface area contributed by atoms with Gasteiger partial charge in [0.1, 0.15) is 34.4 Å². The van der Waals surface area contributed by atoms with Crippen LogP contribution in [0.2, 0.25) is 0 Å². The summed E-state index contributed by atoms with van der Waals surface area (Å²) >= 11 is 0. The molecule has 0 fully saturated rings. The number of hydrogen-bond acceptors (Lipinski definition) is 6. The van der Waals surface area contributed by atoms with E-state index in [1.165, 1.54) is 128 Å². The minimum atomic E-state index is 0.813. The molecule has 6 aliphatic rings. The van der Waals surface area contributed by atoms with Crippen molar-refractivity contribution >= 4 is 35.4 Å². The summed E-state index contributed by atoms with van der Waals surface area (Å²) in [5, 5.41) is 0. The molecular formula is C68H82N6O3. The van der Waals surface area contributed by atoms with Crippen LogP contribution in [0.1, 0.15) is 161 Å². The normalized spacial score (nSPS) is 17.7. The molecule has 4 aromatic rings. The molecule has 0 saturated heterocycles. The van der Waals surface area contributed by atoms with E-state index in [9.17, 15) is 0 Å². The molecule has 0 atom stereocenters. The molecule has 10 rings (SSSR count). The lowest BCUT2D eigenvalue weighted by atomic mass is 10.0. The Bertz CT molecular complexity index is 3150. The quantitative estimate of drug-likeness (QED) is 0.0643. The summed E-state index contributed by atoms with van der Waals surface area (Å²) in [5.41, 5.74) is 21.9. The lowest BCUT2D eigenvalue weighted by Gasteiger charge is -2.05. The van der Waals surface area contributed by atoms with Crippen LogP contribution in [0.4, 0.5) is 0 Å². The Labute approximate surface area is 459 Å². The molecular weight excluding hydrogens is 949 g/mol. The summed E-state index contributed by atoms with van der Waals surface area (Å²) in [4.78, 5) is 24.4. The molecule has 1 aromatic carbocycles. The van der Waals surface area contributed by atoms with Crippen LogP contribution in [0, 0.1) is 20.8 Å². The number of methoxy groups -OCH3 is 3. The number of unbranched alkanes of at least 4 members (excludes halogenated alkanes) is 10. The fraction of sp³-hybridized carbons (Fsp3) is 0.368. The summed E-state index contributed by atoms with van der Waals surface area (Å²) in [5.74, 6) is 2.48. The van der Waals surface area contributed by atoms with E-state index in [-0.39, 0.29) is 0 Å². The van der Waals surface area contributed by atoms with Gasteiger partial charge in [-0.05, 0) is 147 Å². The van der Waals surface area contributed by atoms with Crippen LogP contribution < -0.4 is 0 Å². The lowest BCUT2D eigenvalue weighted by molar-refractivity contribution is 0.302. The smallest absolute Gasteiger partial charge is 0.146 e. The van der Waals surface area contributed by atoms with Gasteiger partial charge in [0, 0.05) is 53.6 Å². The van der Waals surface area contributed by atoms with Crippen LogP contribution >= 0.6 is 0 Å². The molecule has 0 radical (unpaired) electrons. The van der Waals surface area contributed by atoms with E-state index in [4.69, 9.17) is 29.2 Å². The Kier molecular flexibility index (Phi) is 20.4. The van der Waals surface area contributed by atoms with Gasteiger partial charge in [0.15, 0.2) is 0 Å². The van der Waals surface area contributed by atoms with Gasteiger partial charge in [-0.15, -0.1) is 0 Å². The second-order valence-electron chi connectivity index (χ2n) is 20.9. The van der Waals surface area contributed by atoms with Crippen LogP contribution in [0.3, 0.4) is 0 Å². The number of fused-ring (bicyclic) bond motifs is 1. The fourth-order valence-electron chi connectivity index (χ4n) is 10.5. The third kappa shape index (κ3) is 15.4. The van der Waals surface area contributed by atoms with Crippen LogP contribution in [-0.2, 0) is 27.1 Å². The first-order valence-corrected chi connectivity index (χ1v) is 28.4.